The summed E-state index contributed by atoms with van der Waals surface area (Å²) in [5.74, 6) is -1.01. The van der Waals surface area contributed by atoms with Crippen molar-refractivity contribution in [2.24, 2.45) is 0 Å². The number of carbonyl (C=O) groups is 2. The Hall–Kier alpha value is -6.10. The van der Waals surface area contributed by atoms with Crippen molar-refractivity contribution in [3.8, 4) is 33.8 Å². The molecule has 2 unspecified atom stereocenters. The normalized spacial score (nSPS) is 17.8. The summed E-state index contributed by atoms with van der Waals surface area (Å²) in [6.07, 6.45) is -0.305. The molecule has 2 heterocycles. The van der Waals surface area contributed by atoms with Crippen LogP contribution >= 0.6 is 14.7 Å². The second kappa shape index (κ2) is 13.6. The van der Waals surface area contributed by atoms with Crippen molar-refractivity contribution in [2.75, 3.05) is 25.5 Å². The molecule has 2 atom stereocenters. The van der Waals surface area contributed by atoms with Crippen LogP contribution < -0.4 is 19.7 Å². The largest absolute Gasteiger partial charge is 0.461 e. The topological polar surface area (TPSA) is 191 Å². The maximum absolute atomic E-state index is 14.0. The van der Waals surface area contributed by atoms with E-state index in [9.17, 15) is 38.9 Å². The van der Waals surface area contributed by atoms with E-state index in [0.29, 0.717) is 32.9 Å². The average molecular weight is 741 g/mol. The van der Waals surface area contributed by atoms with Crippen LogP contribution in [-0.4, -0.2) is 47.3 Å². The van der Waals surface area contributed by atoms with Crippen molar-refractivity contribution in [1.29, 1.82) is 0 Å². The summed E-state index contributed by atoms with van der Waals surface area (Å²) in [6.45, 7) is -0.521. The first-order chi connectivity index (χ1) is 25.0. The number of esters is 2. The smallest absolute Gasteiger partial charge is 0.338 e. The molecule has 0 fully saturated rings. The maximum atomic E-state index is 14.0. The molecule has 5 aromatic rings. The monoisotopic (exact) mass is 740 g/mol. The Kier molecular flexibility index (Phi) is 8.95. The number of rotatable bonds is 10. The van der Waals surface area contributed by atoms with Gasteiger partial charge in [-0.2, -0.15) is 0 Å². The molecular weight excluding hydrogens is 714 g/mol. The zero-order valence-electron chi connectivity index (χ0n) is 26.9. The van der Waals surface area contributed by atoms with Gasteiger partial charge in [0.1, 0.15) is 24.7 Å². The highest BCUT2D eigenvalue weighted by Gasteiger charge is 2.38. The molecule has 7 rings (SSSR count). The fourth-order valence-electron chi connectivity index (χ4n) is 6.01. The van der Waals surface area contributed by atoms with Gasteiger partial charge in [-0.1, -0.05) is 36.4 Å². The highest BCUT2D eigenvalue weighted by molar-refractivity contribution is 7.68. The van der Waals surface area contributed by atoms with Gasteiger partial charge in [0.25, 0.3) is 26.1 Å². The molecule has 2 aliphatic rings. The van der Waals surface area contributed by atoms with E-state index >= 15 is 0 Å². The van der Waals surface area contributed by atoms with E-state index in [1.54, 1.807) is 48.5 Å². The zero-order chi connectivity index (χ0) is 36.6. The van der Waals surface area contributed by atoms with E-state index in [4.69, 9.17) is 18.5 Å². The van der Waals surface area contributed by atoms with Gasteiger partial charge in [-0.25, -0.2) is 9.59 Å². The predicted octanol–water partition coefficient (Wildman–Crippen LogP) is 7.14. The van der Waals surface area contributed by atoms with Crippen LogP contribution in [0.4, 0.5) is 11.4 Å². The Morgan fingerprint density at radius 2 is 0.942 bits per heavy atom. The van der Waals surface area contributed by atoms with Crippen LogP contribution in [-0.2, 0) is 18.6 Å². The number of nitrogens with zero attached hydrogens (tertiary/aromatic N) is 2. The first-order valence-electron chi connectivity index (χ1n) is 15.7. The van der Waals surface area contributed by atoms with Crippen LogP contribution in [0, 0.1) is 20.2 Å². The van der Waals surface area contributed by atoms with Gasteiger partial charge in [0.2, 0.25) is 0 Å². The molecule has 0 aliphatic carbocycles. The van der Waals surface area contributed by atoms with Gasteiger partial charge in [0.15, 0.2) is 0 Å². The summed E-state index contributed by atoms with van der Waals surface area (Å²) in [5.41, 5.74) is 1.91. The molecule has 16 heteroatoms. The zero-order valence-corrected chi connectivity index (χ0v) is 28.7. The first kappa shape index (κ1) is 34.4. The summed E-state index contributed by atoms with van der Waals surface area (Å²) >= 11 is 0. The summed E-state index contributed by atoms with van der Waals surface area (Å²) in [6, 6.07) is 27.0. The SMILES string of the molecule is O=C(OCCP1(=O)Oc2ccc([N+](=O)[O-])cc2-c2ccccc21)c1ccc(C(=O)OCCP2(=O)Oc3ccc([N+](=O)[O-])cc3-c3ccccc32)cc1. The van der Waals surface area contributed by atoms with Crippen molar-refractivity contribution in [3.63, 3.8) is 0 Å². The van der Waals surface area contributed by atoms with Gasteiger partial charge in [-0.05, 0) is 59.7 Å². The summed E-state index contributed by atoms with van der Waals surface area (Å²) < 4.78 is 50.5. The quantitative estimate of drug-likeness (QED) is 0.0609. The number of fused-ring (bicyclic) bond motifs is 6. The van der Waals surface area contributed by atoms with Gasteiger partial charge in [0.05, 0.1) is 43.9 Å². The molecule has 0 amide bonds. The third-order valence-electron chi connectivity index (χ3n) is 8.56. The molecule has 262 valence electrons. The van der Waals surface area contributed by atoms with E-state index in [2.05, 4.69) is 0 Å². The molecular formula is C36H26N2O12P2. The lowest BCUT2D eigenvalue weighted by Crippen LogP contribution is -2.22. The minimum Gasteiger partial charge on any atom is -0.461 e. The minimum atomic E-state index is -3.57. The summed E-state index contributed by atoms with van der Waals surface area (Å²) in [4.78, 5) is 47.2. The van der Waals surface area contributed by atoms with Gasteiger partial charge in [-0.15, -0.1) is 0 Å². The van der Waals surface area contributed by atoms with Crippen molar-refractivity contribution < 1.29 is 47.1 Å². The van der Waals surface area contributed by atoms with Gasteiger partial charge < -0.3 is 18.5 Å². The number of hydrogen-bond donors (Lipinski definition) is 0. The number of non-ortho nitro benzene ring substituents is 2. The Morgan fingerprint density at radius 3 is 1.33 bits per heavy atom. The number of carbonyl (C=O) groups excluding carboxylic acids is 2. The minimum absolute atomic E-state index is 0.119. The van der Waals surface area contributed by atoms with Gasteiger partial charge >= 0.3 is 11.9 Å². The molecule has 0 saturated carbocycles. The summed E-state index contributed by atoms with van der Waals surface area (Å²) in [5, 5.41) is 23.3. The van der Waals surface area contributed by atoms with Crippen molar-refractivity contribution in [3.05, 3.63) is 141 Å². The first-order valence-corrected chi connectivity index (χ1v) is 19.4. The third-order valence-corrected chi connectivity index (χ3v) is 13.3. The predicted molar refractivity (Wildman–Crippen MR) is 190 cm³/mol. The van der Waals surface area contributed by atoms with Gasteiger partial charge in [-0.3, -0.25) is 29.4 Å². The second-order valence-corrected chi connectivity index (χ2v) is 16.7. The van der Waals surface area contributed by atoms with Crippen LogP contribution in [0.15, 0.2) is 109 Å². The molecule has 5 aromatic carbocycles. The Balaban J connectivity index is 0.953. The van der Waals surface area contributed by atoms with E-state index < -0.39 is 36.5 Å². The Morgan fingerprint density at radius 1 is 0.558 bits per heavy atom. The fraction of sp³-hybridized carbons (Fsp3) is 0.111. The second-order valence-electron chi connectivity index (χ2n) is 11.7. The lowest BCUT2D eigenvalue weighted by atomic mass is 10.0. The number of nitro benzene ring substituents is 2. The number of ether oxygens (including phenoxy) is 2. The number of nitro groups is 2. The standard InChI is InChI=1S/C36H26N2O12P2/c39-35(47-17-19-51(45)33-7-3-1-5-27(33)29-21-25(37(41)42)13-15-31(29)49-51)23-9-11-24(12-10-23)36(40)48-18-20-52(46)34-8-4-2-6-28(34)30-22-26(38(43)44)14-16-32(30)50-52/h1-16,21-22H,17-20H2. The fourth-order valence-corrected chi connectivity index (χ4v) is 10.2. The van der Waals surface area contributed by atoms with Gasteiger partial charge in [0, 0.05) is 35.4 Å². The third kappa shape index (κ3) is 6.45. The van der Waals surface area contributed by atoms with Crippen molar-refractivity contribution >= 4 is 48.7 Å². The molecule has 0 bridgehead atoms. The maximum Gasteiger partial charge on any atom is 0.338 e. The highest BCUT2D eigenvalue weighted by atomic mass is 31.2. The molecule has 0 aromatic heterocycles. The highest BCUT2D eigenvalue weighted by Crippen LogP contribution is 2.56. The van der Waals surface area contributed by atoms with E-state index in [-0.39, 0.29) is 59.5 Å². The lowest BCUT2D eigenvalue weighted by Gasteiger charge is -2.28. The molecule has 0 N–H and O–H groups in total. The van der Waals surface area contributed by atoms with Crippen LogP contribution in [0.2, 0.25) is 0 Å². The van der Waals surface area contributed by atoms with Crippen LogP contribution in [0.1, 0.15) is 20.7 Å². The Labute approximate surface area is 295 Å². The molecule has 0 radical (unpaired) electrons. The van der Waals surface area contributed by atoms with Crippen LogP contribution in [0.5, 0.6) is 11.5 Å². The lowest BCUT2D eigenvalue weighted by molar-refractivity contribution is -0.385. The number of benzene rings is 5. The average Bonchev–Trinajstić information content (AvgIpc) is 3.14. The van der Waals surface area contributed by atoms with E-state index in [1.807, 2.05) is 0 Å². The number of hydrogen-bond acceptors (Lipinski definition) is 12. The van der Waals surface area contributed by atoms with Crippen LogP contribution in [0.3, 0.4) is 0 Å². The van der Waals surface area contributed by atoms with E-state index in [0.717, 1.165) is 0 Å². The molecule has 2 aliphatic heterocycles. The molecule has 0 spiro atoms. The van der Waals surface area contributed by atoms with Crippen molar-refractivity contribution in [1.82, 2.24) is 0 Å². The molecule has 52 heavy (non-hydrogen) atoms. The van der Waals surface area contributed by atoms with E-state index in [1.165, 1.54) is 60.7 Å². The molecule has 0 saturated heterocycles. The van der Waals surface area contributed by atoms with Crippen molar-refractivity contribution in [2.45, 2.75) is 0 Å². The Bertz CT molecular complexity index is 2230. The molecule has 14 nitrogen and oxygen atoms in total. The summed E-state index contributed by atoms with van der Waals surface area (Å²) in [7, 11) is -7.14. The van der Waals surface area contributed by atoms with Crippen LogP contribution in [0.25, 0.3) is 22.3 Å².